The normalized spacial score (nSPS) is 11.2. The van der Waals surface area contributed by atoms with E-state index >= 15 is 0 Å². The van der Waals surface area contributed by atoms with E-state index in [0.717, 1.165) is 24.0 Å². The average molecular weight is 332 g/mol. The van der Waals surface area contributed by atoms with Crippen LogP contribution >= 0.6 is 0 Å². The Kier molecular flexibility index (Phi) is 5.40. The van der Waals surface area contributed by atoms with Crippen LogP contribution in [0.1, 0.15) is 31.4 Å². The molecule has 0 aliphatic carbocycles. The Morgan fingerprint density at radius 3 is 2.61 bits per heavy atom. The standard InChI is InChI=1S/C16H20N4O2S/c1-3-13-6-7-15(12-14(13)4-2)23(21,22)19-16-8-11-20(18-16)10-5-9-17/h6-8,11-12H,3-5,10H2,1-2H3,(H,18,19). The molecule has 122 valence electrons. The molecule has 1 N–H and O–H groups in total. The van der Waals surface area contributed by atoms with E-state index in [4.69, 9.17) is 5.26 Å². The lowest BCUT2D eigenvalue weighted by Crippen LogP contribution is -2.14. The van der Waals surface area contributed by atoms with E-state index in [0.29, 0.717) is 13.0 Å². The summed E-state index contributed by atoms with van der Waals surface area (Å²) >= 11 is 0. The number of rotatable bonds is 7. The van der Waals surface area contributed by atoms with Gasteiger partial charge in [0.2, 0.25) is 0 Å². The van der Waals surface area contributed by atoms with Crippen LogP contribution < -0.4 is 4.72 Å². The third-order valence-corrected chi connectivity index (χ3v) is 4.93. The minimum absolute atomic E-state index is 0.234. The number of nitrogens with one attached hydrogen (secondary N) is 1. The summed E-state index contributed by atoms with van der Waals surface area (Å²) < 4.78 is 29.0. The van der Waals surface area contributed by atoms with Gasteiger partial charge >= 0.3 is 0 Å². The molecule has 1 heterocycles. The van der Waals surface area contributed by atoms with E-state index in [1.807, 2.05) is 19.1 Å². The molecule has 0 spiro atoms. The highest BCUT2D eigenvalue weighted by Gasteiger charge is 2.17. The number of sulfonamides is 1. The molecule has 0 atom stereocenters. The molecule has 6 nitrogen and oxygen atoms in total. The van der Waals surface area contributed by atoms with Crippen LogP contribution in [0.25, 0.3) is 0 Å². The van der Waals surface area contributed by atoms with E-state index in [2.05, 4.69) is 16.7 Å². The van der Waals surface area contributed by atoms with Crippen LogP contribution in [0.5, 0.6) is 0 Å². The minimum atomic E-state index is -3.67. The maximum absolute atomic E-state index is 12.5. The van der Waals surface area contributed by atoms with E-state index in [1.165, 1.54) is 0 Å². The van der Waals surface area contributed by atoms with Crippen LogP contribution in [0.15, 0.2) is 35.4 Å². The van der Waals surface area contributed by atoms with Crippen molar-refractivity contribution in [2.24, 2.45) is 0 Å². The van der Waals surface area contributed by atoms with Crippen LogP contribution in [0.2, 0.25) is 0 Å². The van der Waals surface area contributed by atoms with Gasteiger partial charge in [-0.25, -0.2) is 8.42 Å². The second-order valence-corrected chi connectivity index (χ2v) is 6.80. The summed E-state index contributed by atoms with van der Waals surface area (Å²) in [6.45, 7) is 4.49. The maximum atomic E-state index is 12.5. The van der Waals surface area contributed by atoms with Gasteiger partial charge in [0.25, 0.3) is 10.0 Å². The fourth-order valence-corrected chi connectivity index (χ4v) is 3.39. The van der Waals surface area contributed by atoms with Crippen LogP contribution in [0, 0.1) is 11.3 Å². The molecule has 0 aliphatic rings. The summed E-state index contributed by atoms with van der Waals surface area (Å²) in [5.74, 6) is 0.251. The van der Waals surface area contributed by atoms with Crippen molar-refractivity contribution in [2.45, 2.75) is 44.6 Å². The molecule has 0 radical (unpaired) electrons. The Morgan fingerprint density at radius 2 is 1.96 bits per heavy atom. The Balaban J connectivity index is 2.22. The van der Waals surface area contributed by atoms with Gasteiger partial charge in [-0.2, -0.15) is 10.4 Å². The molecule has 1 aromatic heterocycles. The number of hydrogen-bond donors (Lipinski definition) is 1. The highest BCUT2D eigenvalue weighted by molar-refractivity contribution is 7.92. The summed E-state index contributed by atoms with van der Waals surface area (Å²) in [6, 6.07) is 8.80. The minimum Gasteiger partial charge on any atom is -0.270 e. The zero-order valence-electron chi connectivity index (χ0n) is 13.3. The van der Waals surface area contributed by atoms with Crippen molar-refractivity contribution >= 4 is 15.8 Å². The second kappa shape index (κ2) is 7.29. The summed E-state index contributed by atoms with van der Waals surface area (Å²) in [5.41, 5.74) is 2.20. The van der Waals surface area contributed by atoms with E-state index in [1.54, 1.807) is 29.1 Å². The van der Waals surface area contributed by atoms with Gasteiger partial charge in [-0.05, 0) is 36.1 Å². The Labute approximate surface area is 136 Å². The molecular weight excluding hydrogens is 312 g/mol. The van der Waals surface area contributed by atoms with Crippen molar-refractivity contribution in [1.82, 2.24) is 9.78 Å². The van der Waals surface area contributed by atoms with Gasteiger partial charge in [0.05, 0.1) is 23.9 Å². The van der Waals surface area contributed by atoms with Gasteiger partial charge < -0.3 is 0 Å². The number of benzene rings is 1. The molecule has 2 aromatic rings. The smallest absolute Gasteiger partial charge is 0.263 e. The summed E-state index contributed by atoms with van der Waals surface area (Å²) in [5, 5.41) is 12.7. The van der Waals surface area contributed by atoms with E-state index < -0.39 is 10.0 Å². The molecule has 0 unspecified atom stereocenters. The number of nitrogens with zero attached hydrogens (tertiary/aromatic N) is 3. The van der Waals surface area contributed by atoms with Crippen molar-refractivity contribution in [1.29, 1.82) is 5.26 Å². The first kappa shape index (κ1) is 17.0. The van der Waals surface area contributed by atoms with Gasteiger partial charge in [0.15, 0.2) is 5.82 Å². The maximum Gasteiger partial charge on any atom is 0.263 e. The fourth-order valence-electron chi connectivity index (χ4n) is 2.35. The lowest BCUT2D eigenvalue weighted by molar-refractivity contribution is 0.599. The fraction of sp³-hybridized carbons (Fsp3) is 0.375. The van der Waals surface area contributed by atoms with Crippen molar-refractivity contribution in [3.8, 4) is 6.07 Å². The molecular formula is C16H20N4O2S. The monoisotopic (exact) mass is 332 g/mol. The molecule has 0 bridgehead atoms. The summed E-state index contributed by atoms with van der Waals surface area (Å²) in [6.07, 6.45) is 3.63. The first-order valence-electron chi connectivity index (χ1n) is 7.55. The van der Waals surface area contributed by atoms with E-state index in [-0.39, 0.29) is 10.7 Å². The molecule has 2 rings (SSSR count). The Hall–Kier alpha value is -2.33. The summed E-state index contributed by atoms with van der Waals surface area (Å²) in [7, 11) is -3.67. The van der Waals surface area contributed by atoms with Crippen LogP contribution in [0.3, 0.4) is 0 Å². The third-order valence-electron chi connectivity index (χ3n) is 3.58. The molecule has 7 heteroatoms. The van der Waals surface area contributed by atoms with Crippen molar-refractivity contribution in [3.63, 3.8) is 0 Å². The third kappa shape index (κ3) is 4.11. The van der Waals surface area contributed by atoms with Gasteiger partial charge in [-0.3, -0.25) is 9.40 Å². The van der Waals surface area contributed by atoms with Crippen LogP contribution in [-0.2, 0) is 29.4 Å². The molecule has 0 saturated heterocycles. The van der Waals surface area contributed by atoms with Gasteiger partial charge in [-0.1, -0.05) is 19.9 Å². The largest absolute Gasteiger partial charge is 0.270 e. The van der Waals surface area contributed by atoms with Crippen LogP contribution in [-0.4, -0.2) is 18.2 Å². The molecule has 0 fully saturated rings. The second-order valence-electron chi connectivity index (χ2n) is 5.12. The topological polar surface area (TPSA) is 87.8 Å². The Bertz CT molecular complexity index is 819. The molecule has 0 saturated carbocycles. The highest BCUT2D eigenvalue weighted by atomic mass is 32.2. The number of aromatic nitrogens is 2. The van der Waals surface area contributed by atoms with Crippen molar-refractivity contribution in [2.75, 3.05) is 4.72 Å². The lowest BCUT2D eigenvalue weighted by atomic mass is 10.0. The lowest BCUT2D eigenvalue weighted by Gasteiger charge is -2.10. The Morgan fingerprint density at radius 1 is 1.22 bits per heavy atom. The number of nitriles is 1. The predicted octanol–water partition coefficient (Wildman–Crippen LogP) is 2.72. The number of anilines is 1. The highest BCUT2D eigenvalue weighted by Crippen LogP contribution is 2.19. The average Bonchev–Trinajstić information content (AvgIpc) is 2.98. The first-order valence-corrected chi connectivity index (χ1v) is 9.03. The SMILES string of the molecule is CCc1ccc(S(=O)(=O)Nc2ccn(CCC#N)n2)cc1CC. The van der Waals surface area contributed by atoms with Gasteiger partial charge in [0, 0.05) is 12.3 Å². The first-order chi connectivity index (χ1) is 11.0. The molecule has 1 aromatic carbocycles. The number of hydrogen-bond acceptors (Lipinski definition) is 4. The molecule has 0 aliphatic heterocycles. The summed E-state index contributed by atoms with van der Waals surface area (Å²) in [4.78, 5) is 0.234. The number of aryl methyl sites for hydroxylation is 3. The van der Waals surface area contributed by atoms with Crippen LogP contribution in [0.4, 0.5) is 5.82 Å². The molecule has 0 amide bonds. The zero-order valence-corrected chi connectivity index (χ0v) is 14.1. The quantitative estimate of drug-likeness (QED) is 0.844. The van der Waals surface area contributed by atoms with Gasteiger partial charge in [0.1, 0.15) is 0 Å². The van der Waals surface area contributed by atoms with Crippen molar-refractivity contribution < 1.29 is 8.42 Å². The predicted molar refractivity (Wildman–Crippen MR) is 88.5 cm³/mol. The van der Waals surface area contributed by atoms with Crippen molar-refractivity contribution in [3.05, 3.63) is 41.6 Å². The molecule has 23 heavy (non-hydrogen) atoms. The van der Waals surface area contributed by atoms with E-state index in [9.17, 15) is 8.42 Å². The zero-order chi connectivity index (χ0) is 16.9. The van der Waals surface area contributed by atoms with Gasteiger partial charge in [-0.15, -0.1) is 0 Å².